The Morgan fingerprint density at radius 3 is 1.49 bits per heavy atom. The SMILES string of the molecule is CCCCCCCCCC(=O)OCC(C)(C)CCCCCN(CCCO)CCC(C)(C)CCCCC(=O)OC(CCCCCCCC)CCCCCCCC. The van der Waals surface area contributed by atoms with Gasteiger partial charge in [-0.2, -0.15) is 0 Å². The Bertz CT molecular complexity index is 842. The first kappa shape index (κ1) is 53.9. The fraction of sp³-hybridized carbons (Fsp3) is 0.959. The second kappa shape index (κ2) is 37.2. The molecule has 1 N–H and O–H groups in total. The first-order valence-electron chi connectivity index (χ1n) is 24.2. The molecule has 0 fully saturated rings. The van der Waals surface area contributed by atoms with Crippen LogP contribution in [0.25, 0.3) is 0 Å². The number of hydrogen-bond donors (Lipinski definition) is 1. The lowest BCUT2D eigenvalue weighted by atomic mass is 9.83. The molecular weight excluding hydrogens is 683 g/mol. The van der Waals surface area contributed by atoms with Gasteiger partial charge in [-0.15, -0.1) is 0 Å². The molecule has 55 heavy (non-hydrogen) atoms. The summed E-state index contributed by atoms with van der Waals surface area (Å²) in [6.45, 7) is 19.8. The number of unbranched alkanes of at least 4 members (excludes halogenated alkanes) is 19. The molecule has 0 radical (unpaired) electrons. The number of aliphatic hydroxyl groups is 1. The van der Waals surface area contributed by atoms with Crippen molar-refractivity contribution in [3.63, 3.8) is 0 Å². The number of carbonyl (C=O) groups excluding carboxylic acids is 2. The van der Waals surface area contributed by atoms with Crippen LogP contribution >= 0.6 is 0 Å². The van der Waals surface area contributed by atoms with E-state index in [0.29, 0.717) is 19.4 Å². The zero-order valence-corrected chi connectivity index (χ0v) is 38.3. The molecule has 0 heterocycles. The molecule has 0 aromatic carbocycles. The van der Waals surface area contributed by atoms with Crippen LogP contribution in [0.1, 0.15) is 254 Å². The van der Waals surface area contributed by atoms with Crippen molar-refractivity contribution in [2.75, 3.05) is 32.8 Å². The smallest absolute Gasteiger partial charge is 0.306 e. The Labute approximate surface area is 343 Å². The van der Waals surface area contributed by atoms with Gasteiger partial charge in [-0.25, -0.2) is 0 Å². The van der Waals surface area contributed by atoms with Crippen molar-refractivity contribution >= 4 is 11.9 Å². The van der Waals surface area contributed by atoms with Crippen LogP contribution in [-0.2, 0) is 19.1 Å². The van der Waals surface area contributed by atoms with Crippen LogP contribution < -0.4 is 0 Å². The molecule has 6 nitrogen and oxygen atoms in total. The summed E-state index contributed by atoms with van der Waals surface area (Å²) in [6, 6.07) is 0. The van der Waals surface area contributed by atoms with Crippen LogP contribution in [0.5, 0.6) is 0 Å². The molecular formula is C49H97NO5. The van der Waals surface area contributed by atoms with Crippen molar-refractivity contribution in [1.29, 1.82) is 0 Å². The van der Waals surface area contributed by atoms with Crippen molar-refractivity contribution in [1.82, 2.24) is 4.90 Å². The summed E-state index contributed by atoms with van der Waals surface area (Å²) in [5, 5.41) is 9.54. The zero-order valence-electron chi connectivity index (χ0n) is 38.3. The van der Waals surface area contributed by atoms with E-state index in [2.05, 4.69) is 53.4 Å². The van der Waals surface area contributed by atoms with E-state index in [1.807, 2.05) is 0 Å². The molecule has 0 aliphatic carbocycles. The Balaban J connectivity index is 4.44. The van der Waals surface area contributed by atoms with Gasteiger partial charge in [0.25, 0.3) is 0 Å². The Morgan fingerprint density at radius 1 is 0.491 bits per heavy atom. The van der Waals surface area contributed by atoms with Gasteiger partial charge in [-0.3, -0.25) is 9.59 Å². The standard InChI is InChI=1S/C49H97NO5/c1-8-11-14-17-20-23-27-35-46(52)54-44-49(6,7)38-29-24-31-40-50(41-32-43-51)42-39-48(4,5)37-30-28-36-47(53)55-45(33-25-21-18-15-12-9-2)34-26-22-19-16-13-10-3/h45,51H,8-44H2,1-7H3. The fourth-order valence-electron chi connectivity index (χ4n) is 7.66. The molecule has 0 unspecified atom stereocenters. The number of esters is 2. The van der Waals surface area contributed by atoms with E-state index in [4.69, 9.17) is 9.47 Å². The van der Waals surface area contributed by atoms with Crippen LogP contribution in [0.3, 0.4) is 0 Å². The Kier molecular flexibility index (Phi) is 36.4. The molecule has 0 bridgehead atoms. The maximum absolute atomic E-state index is 12.9. The van der Waals surface area contributed by atoms with E-state index in [-0.39, 0.29) is 35.5 Å². The maximum Gasteiger partial charge on any atom is 0.306 e. The molecule has 0 aliphatic rings. The van der Waals surface area contributed by atoms with Crippen molar-refractivity contribution in [3.05, 3.63) is 0 Å². The summed E-state index contributed by atoms with van der Waals surface area (Å²) in [7, 11) is 0. The molecule has 0 amide bonds. The predicted molar refractivity (Wildman–Crippen MR) is 237 cm³/mol. The van der Waals surface area contributed by atoms with Gasteiger partial charge in [-0.1, -0.05) is 170 Å². The van der Waals surface area contributed by atoms with Crippen LogP contribution in [0.4, 0.5) is 0 Å². The van der Waals surface area contributed by atoms with Gasteiger partial charge in [0.1, 0.15) is 6.10 Å². The second-order valence-corrected chi connectivity index (χ2v) is 18.8. The molecule has 0 aromatic heterocycles. The molecule has 0 aliphatic heterocycles. The highest BCUT2D eigenvalue weighted by Crippen LogP contribution is 2.29. The third kappa shape index (κ3) is 36.9. The van der Waals surface area contributed by atoms with E-state index in [0.717, 1.165) is 96.7 Å². The first-order chi connectivity index (χ1) is 26.5. The lowest BCUT2D eigenvalue weighted by Gasteiger charge is -2.30. The van der Waals surface area contributed by atoms with Crippen LogP contribution in [-0.4, -0.2) is 60.9 Å². The van der Waals surface area contributed by atoms with E-state index < -0.39 is 0 Å². The minimum absolute atomic E-state index is 0.00988. The van der Waals surface area contributed by atoms with E-state index in [1.165, 1.54) is 116 Å². The highest BCUT2D eigenvalue weighted by molar-refractivity contribution is 5.69. The van der Waals surface area contributed by atoms with E-state index >= 15 is 0 Å². The number of nitrogens with zero attached hydrogens (tertiary/aromatic N) is 1. The zero-order chi connectivity index (χ0) is 40.9. The summed E-state index contributed by atoms with van der Waals surface area (Å²) in [5.74, 6) is -0.0222. The summed E-state index contributed by atoms with van der Waals surface area (Å²) in [4.78, 5) is 27.7. The number of aliphatic hydroxyl groups excluding tert-OH is 1. The monoisotopic (exact) mass is 780 g/mol. The average Bonchev–Trinajstić information content (AvgIpc) is 3.15. The van der Waals surface area contributed by atoms with E-state index in [9.17, 15) is 14.7 Å². The van der Waals surface area contributed by atoms with Gasteiger partial charge < -0.3 is 19.5 Å². The molecule has 328 valence electrons. The minimum Gasteiger partial charge on any atom is -0.465 e. The maximum atomic E-state index is 12.9. The summed E-state index contributed by atoms with van der Waals surface area (Å²) in [5.41, 5.74) is 0.228. The van der Waals surface area contributed by atoms with Gasteiger partial charge in [0.2, 0.25) is 0 Å². The topological polar surface area (TPSA) is 76.1 Å². The van der Waals surface area contributed by atoms with E-state index in [1.54, 1.807) is 0 Å². The Morgan fingerprint density at radius 2 is 0.927 bits per heavy atom. The minimum atomic E-state index is -0.0344. The number of carbonyl (C=O) groups is 2. The van der Waals surface area contributed by atoms with Gasteiger partial charge in [-0.05, 0) is 94.5 Å². The molecule has 0 atom stereocenters. The van der Waals surface area contributed by atoms with Crippen LogP contribution in [0.15, 0.2) is 0 Å². The molecule has 6 heteroatoms. The lowest BCUT2D eigenvalue weighted by molar-refractivity contribution is -0.150. The van der Waals surface area contributed by atoms with Crippen molar-refractivity contribution < 1.29 is 24.2 Å². The van der Waals surface area contributed by atoms with Gasteiger partial charge in [0.15, 0.2) is 0 Å². The van der Waals surface area contributed by atoms with Gasteiger partial charge in [0, 0.05) is 26.0 Å². The van der Waals surface area contributed by atoms with Crippen LogP contribution in [0, 0.1) is 10.8 Å². The molecule has 0 saturated carbocycles. The fourth-order valence-corrected chi connectivity index (χ4v) is 7.66. The number of ether oxygens (including phenoxy) is 2. The van der Waals surface area contributed by atoms with Crippen LogP contribution in [0.2, 0.25) is 0 Å². The lowest BCUT2D eigenvalue weighted by Crippen LogP contribution is -2.31. The Hall–Kier alpha value is -1.14. The number of rotatable bonds is 42. The quantitative estimate of drug-likeness (QED) is 0.0491. The summed E-state index contributed by atoms with van der Waals surface area (Å²) < 4.78 is 11.8. The average molecular weight is 780 g/mol. The summed E-state index contributed by atoms with van der Waals surface area (Å²) in [6.07, 6.45) is 36.7. The molecule has 0 aromatic rings. The summed E-state index contributed by atoms with van der Waals surface area (Å²) >= 11 is 0. The molecule has 0 spiro atoms. The van der Waals surface area contributed by atoms with Crippen molar-refractivity contribution in [2.45, 2.75) is 260 Å². The van der Waals surface area contributed by atoms with Gasteiger partial charge >= 0.3 is 11.9 Å². The largest absolute Gasteiger partial charge is 0.465 e. The number of hydrogen-bond acceptors (Lipinski definition) is 6. The highest BCUT2D eigenvalue weighted by atomic mass is 16.5. The normalized spacial score (nSPS) is 12.3. The highest BCUT2D eigenvalue weighted by Gasteiger charge is 2.22. The second-order valence-electron chi connectivity index (χ2n) is 18.8. The molecule has 0 saturated heterocycles. The third-order valence-corrected chi connectivity index (χ3v) is 11.7. The first-order valence-corrected chi connectivity index (χ1v) is 24.2. The van der Waals surface area contributed by atoms with Gasteiger partial charge in [0.05, 0.1) is 6.61 Å². The molecule has 0 rings (SSSR count). The predicted octanol–water partition coefficient (Wildman–Crippen LogP) is 14.3. The van der Waals surface area contributed by atoms with Crippen molar-refractivity contribution in [2.24, 2.45) is 10.8 Å². The third-order valence-electron chi connectivity index (χ3n) is 11.7. The van der Waals surface area contributed by atoms with Crippen molar-refractivity contribution in [3.8, 4) is 0 Å².